The molecule has 0 N–H and O–H groups in total. The van der Waals surface area contributed by atoms with Gasteiger partial charge in [0.25, 0.3) is 0 Å². The van der Waals surface area contributed by atoms with E-state index in [2.05, 4.69) is 60.6 Å². The van der Waals surface area contributed by atoms with Gasteiger partial charge in [-0.1, -0.05) is 86.3 Å². The fourth-order valence-electron chi connectivity index (χ4n) is 2.83. The van der Waals surface area contributed by atoms with Crippen LogP contribution in [-0.2, 0) is 0 Å². The third-order valence-corrected chi connectivity index (χ3v) is 5.57. The molecular formula is C21H42. The van der Waals surface area contributed by atoms with E-state index in [-0.39, 0.29) is 0 Å². The Labute approximate surface area is 135 Å². The second-order valence-electron chi connectivity index (χ2n) is 8.12. The highest BCUT2D eigenvalue weighted by atomic mass is 14.3. The number of allylic oxidation sites excluding steroid dienone is 2. The van der Waals surface area contributed by atoms with Crippen molar-refractivity contribution in [3.63, 3.8) is 0 Å². The van der Waals surface area contributed by atoms with E-state index in [1.165, 1.54) is 51.4 Å². The summed E-state index contributed by atoms with van der Waals surface area (Å²) in [7, 11) is 0. The van der Waals surface area contributed by atoms with Gasteiger partial charge in [0, 0.05) is 0 Å². The molecular weight excluding hydrogens is 252 g/mol. The van der Waals surface area contributed by atoms with Gasteiger partial charge in [0.15, 0.2) is 0 Å². The lowest BCUT2D eigenvalue weighted by Gasteiger charge is -2.33. The molecule has 0 aliphatic rings. The van der Waals surface area contributed by atoms with E-state index in [1.54, 1.807) is 0 Å². The van der Waals surface area contributed by atoms with Gasteiger partial charge >= 0.3 is 0 Å². The van der Waals surface area contributed by atoms with E-state index in [0.717, 1.165) is 17.8 Å². The molecule has 0 aliphatic carbocycles. The summed E-state index contributed by atoms with van der Waals surface area (Å²) >= 11 is 0. The van der Waals surface area contributed by atoms with Crippen LogP contribution in [0.25, 0.3) is 0 Å². The van der Waals surface area contributed by atoms with Gasteiger partial charge in [-0.15, -0.1) is 0 Å². The van der Waals surface area contributed by atoms with Crippen molar-refractivity contribution in [2.24, 2.45) is 23.2 Å². The predicted molar refractivity (Wildman–Crippen MR) is 98.7 cm³/mol. The van der Waals surface area contributed by atoms with Gasteiger partial charge in [-0.2, -0.15) is 0 Å². The Balaban J connectivity index is 3.86. The number of hydrogen-bond donors (Lipinski definition) is 0. The Morgan fingerprint density at radius 2 is 1.52 bits per heavy atom. The van der Waals surface area contributed by atoms with E-state index < -0.39 is 0 Å². The molecule has 0 heteroatoms. The van der Waals surface area contributed by atoms with Gasteiger partial charge in [-0.05, 0) is 48.9 Å². The van der Waals surface area contributed by atoms with Crippen LogP contribution in [0.15, 0.2) is 12.2 Å². The minimum Gasteiger partial charge on any atom is -0.0885 e. The first-order chi connectivity index (χ1) is 9.83. The minimum atomic E-state index is 0.511. The van der Waals surface area contributed by atoms with E-state index in [9.17, 15) is 0 Å². The third kappa shape index (κ3) is 10.1. The molecule has 0 heterocycles. The van der Waals surface area contributed by atoms with Crippen molar-refractivity contribution in [1.29, 1.82) is 0 Å². The van der Waals surface area contributed by atoms with Crippen LogP contribution in [0.1, 0.15) is 99.8 Å². The maximum Gasteiger partial charge on any atom is -0.0325 e. The molecule has 0 saturated carbocycles. The topological polar surface area (TPSA) is 0 Å². The molecule has 0 spiro atoms. The molecule has 3 atom stereocenters. The second kappa shape index (κ2) is 11.3. The van der Waals surface area contributed by atoms with Crippen LogP contribution in [-0.4, -0.2) is 0 Å². The molecule has 0 aliphatic heterocycles. The van der Waals surface area contributed by atoms with Crippen molar-refractivity contribution in [1.82, 2.24) is 0 Å². The highest BCUT2D eigenvalue weighted by molar-refractivity contribution is 4.84. The van der Waals surface area contributed by atoms with Crippen LogP contribution in [0.2, 0.25) is 0 Å². The van der Waals surface area contributed by atoms with Crippen molar-refractivity contribution >= 4 is 0 Å². The SMILES string of the molecule is CCCC(C)C(C)(C)CCC(C)CC/C=C/CC(C)CC. The van der Waals surface area contributed by atoms with E-state index in [0.29, 0.717) is 5.41 Å². The van der Waals surface area contributed by atoms with Crippen molar-refractivity contribution < 1.29 is 0 Å². The van der Waals surface area contributed by atoms with Crippen LogP contribution in [0.4, 0.5) is 0 Å². The smallest absolute Gasteiger partial charge is 0.0325 e. The van der Waals surface area contributed by atoms with E-state index >= 15 is 0 Å². The Morgan fingerprint density at radius 1 is 0.857 bits per heavy atom. The van der Waals surface area contributed by atoms with Crippen LogP contribution in [0.3, 0.4) is 0 Å². The summed E-state index contributed by atoms with van der Waals surface area (Å²) in [6.45, 7) is 16.7. The zero-order valence-corrected chi connectivity index (χ0v) is 16.0. The highest BCUT2D eigenvalue weighted by Crippen LogP contribution is 2.36. The zero-order valence-electron chi connectivity index (χ0n) is 16.0. The first-order valence-corrected chi connectivity index (χ1v) is 9.48. The van der Waals surface area contributed by atoms with Crippen LogP contribution in [0, 0.1) is 23.2 Å². The Morgan fingerprint density at radius 3 is 2.10 bits per heavy atom. The van der Waals surface area contributed by atoms with Gasteiger partial charge in [-0.25, -0.2) is 0 Å². The molecule has 0 bridgehead atoms. The van der Waals surface area contributed by atoms with E-state index in [4.69, 9.17) is 0 Å². The van der Waals surface area contributed by atoms with E-state index in [1.807, 2.05) is 0 Å². The number of rotatable bonds is 12. The van der Waals surface area contributed by atoms with Gasteiger partial charge in [-0.3, -0.25) is 0 Å². The Bertz CT molecular complexity index is 261. The molecule has 0 aromatic heterocycles. The normalized spacial score (nSPS) is 17.1. The molecule has 0 nitrogen and oxygen atoms in total. The summed E-state index contributed by atoms with van der Waals surface area (Å²) in [5.41, 5.74) is 0.511. The highest BCUT2D eigenvalue weighted by Gasteiger charge is 2.25. The molecule has 0 saturated heterocycles. The van der Waals surface area contributed by atoms with Crippen molar-refractivity contribution in [3.8, 4) is 0 Å². The summed E-state index contributed by atoms with van der Waals surface area (Å²) in [6.07, 6.45) is 15.4. The van der Waals surface area contributed by atoms with Crippen LogP contribution < -0.4 is 0 Å². The maximum absolute atomic E-state index is 2.46. The van der Waals surface area contributed by atoms with Gasteiger partial charge in [0.1, 0.15) is 0 Å². The minimum absolute atomic E-state index is 0.511. The lowest BCUT2D eigenvalue weighted by molar-refractivity contribution is 0.183. The molecule has 21 heavy (non-hydrogen) atoms. The second-order valence-corrected chi connectivity index (χ2v) is 8.12. The van der Waals surface area contributed by atoms with Gasteiger partial charge < -0.3 is 0 Å². The molecule has 0 aromatic rings. The average Bonchev–Trinajstić information content (AvgIpc) is 2.44. The number of hydrogen-bond acceptors (Lipinski definition) is 0. The monoisotopic (exact) mass is 294 g/mol. The fourth-order valence-corrected chi connectivity index (χ4v) is 2.83. The largest absolute Gasteiger partial charge is 0.0885 e. The standard InChI is InChI=1S/C21H42/c1-8-13-20(5)21(6,7)17-16-19(4)15-12-10-11-14-18(3)9-2/h10-11,18-20H,8-9,12-17H2,1-7H3/b11-10+. The third-order valence-electron chi connectivity index (χ3n) is 5.57. The quantitative estimate of drug-likeness (QED) is 0.324. The molecule has 0 rings (SSSR count). The lowest BCUT2D eigenvalue weighted by atomic mass is 9.73. The van der Waals surface area contributed by atoms with Crippen molar-refractivity contribution in [2.45, 2.75) is 99.8 Å². The van der Waals surface area contributed by atoms with Crippen molar-refractivity contribution in [2.75, 3.05) is 0 Å². The molecule has 3 unspecified atom stereocenters. The summed E-state index contributed by atoms with van der Waals surface area (Å²) in [6, 6.07) is 0. The van der Waals surface area contributed by atoms with Gasteiger partial charge in [0.2, 0.25) is 0 Å². The predicted octanol–water partition coefficient (Wildman–Crippen LogP) is 7.64. The maximum atomic E-state index is 2.46. The Kier molecular flexibility index (Phi) is 11.2. The fraction of sp³-hybridized carbons (Fsp3) is 0.905. The average molecular weight is 295 g/mol. The Hall–Kier alpha value is -0.260. The van der Waals surface area contributed by atoms with Crippen LogP contribution >= 0.6 is 0 Å². The molecule has 126 valence electrons. The summed E-state index contributed by atoms with van der Waals surface area (Å²) in [4.78, 5) is 0. The first kappa shape index (κ1) is 20.7. The molecule has 0 radical (unpaired) electrons. The van der Waals surface area contributed by atoms with Crippen LogP contribution in [0.5, 0.6) is 0 Å². The summed E-state index contributed by atoms with van der Waals surface area (Å²) in [5, 5.41) is 0. The zero-order chi connectivity index (χ0) is 16.3. The van der Waals surface area contributed by atoms with Crippen molar-refractivity contribution in [3.05, 3.63) is 12.2 Å². The van der Waals surface area contributed by atoms with Gasteiger partial charge in [0.05, 0.1) is 0 Å². The first-order valence-electron chi connectivity index (χ1n) is 9.48. The molecule has 0 aromatic carbocycles. The lowest BCUT2D eigenvalue weighted by Crippen LogP contribution is -2.22. The molecule has 0 amide bonds. The molecule has 0 fully saturated rings. The summed E-state index contributed by atoms with van der Waals surface area (Å²) < 4.78 is 0. The summed E-state index contributed by atoms with van der Waals surface area (Å²) in [5.74, 6) is 2.57.